The fourth-order valence-corrected chi connectivity index (χ4v) is 6.47. The van der Waals surface area contributed by atoms with E-state index in [-0.39, 0.29) is 5.57 Å². The minimum atomic E-state index is -1.23. The topological polar surface area (TPSA) is 71.0 Å². The molecule has 0 amide bonds. The Morgan fingerprint density at radius 1 is 0.556 bits per heavy atom. The maximum atomic E-state index is 11.4. The Balaban J connectivity index is 1.17. The van der Waals surface area contributed by atoms with Gasteiger partial charge in [0.15, 0.2) is 0 Å². The molecule has 0 saturated heterocycles. The molecular formula is C40H25N3O2. The average molecular weight is 580 g/mol. The SMILES string of the molecule is N#C/C(=C\c1ccc2c(c1)c1ccccc1n2-c1ccc(-c2ccc(-n3c4ccccc4c4ccccc43)cc2)cc1)C(=O)O. The molecule has 0 spiro atoms. The molecule has 8 rings (SSSR count). The van der Waals surface area contributed by atoms with Gasteiger partial charge in [-0.25, -0.2) is 4.79 Å². The molecule has 0 unspecified atom stereocenters. The van der Waals surface area contributed by atoms with Crippen LogP contribution in [0.5, 0.6) is 0 Å². The van der Waals surface area contributed by atoms with Gasteiger partial charge in [0.25, 0.3) is 0 Å². The van der Waals surface area contributed by atoms with Crippen LogP contribution >= 0.6 is 0 Å². The first kappa shape index (κ1) is 26.3. The highest BCUT2D eigenvalue weighted by molar-refractivity contribution is 6.11. The second-order valence-electron chi connectivity index (χ2n) is 11.1. The number of carboxylic acids is 1. The van der Waals surface area contributed by atoms with Crippen molar-refractivity contribution in [3.8, 4) is 28.6 Å². The van der Waals surface area contributed by atoms with Crippen molar-refractivity contribution >= 4 is 55.7 Å². The number of carbonyl (C=O) groups is 1. The summed E-state index contributed by atoms with van der Waals surface area (Å²) in [6.45, 7) is 0. The summed E-state index contributed by atoms with van der Waals surface area (Å²) in [5.41, 5.74) is 9.22. The second-order valence-corrected chi connectivity index (χ2v) is 11.1. The number of para-hydroxylation sites is 3. The van der Waals surface area contributed by atoms with Crippen LogP contribution in [0, 0.1) is 11.3 Å². The summed E-state index contributed by atoms with van der Waals surface area (Å²) in [4.78, 5) is 11.4. The Hall–Kier alpha value is -6.38. The smallest absolute Gasteiger partial charge is 0.346 e. The van der Waals surface area contributed by atoms with Gasteiger partial charge in [0, 0.05) is 32.9 Å². The fourth-order valence-electron chi connectivity index (χ4n) is 6.47. The number of aromatic nitrogens is 2. The molecule has 5 heteroatoms. The summed E-state index contributed by atoms with van der Waals surface area (Å²) in [5.74, 6) is -1.23. The molecule has 0 aliphatic carbocycles. The first-order valence-electron chi connectivity index (χ1n) is 14.7. The van der Waals surface area contributed by atoms with Crippen molar-refractivity contribution in [3.05, 3.63) is 151 Å². The maximum Gasteiger partial charge on any atom is 0.346 e. The van der Waals surface area contributed by atoms with Gasteiger partial charge in [-0.2, -0.15) is 5.26 Å². The molecule has 212 valence electrons. The second kappa shape index (κ2) is 10.4. The van der Waals surface area contributed by atoms with Crippen molar-refractivity contribution in [2.24, 2.45) is 0 Å². The predicted molar refractivity (Wildman–Crippen MR) is 182 cm³/mol. The Labute approximate surface area is 258 Å². The van der Waals surface area contributed by atoms with Crippen molar-refractivity contribution in [3.63, 3.8) is 0 Å². The van der Waals surface area contributed by atoms with E-state index in [1.165, 1.54) is 27.9 Å². The largest absolute Gasteiger partial charge is 0.477 e. The lowest BCUT2D eigenvalue weighted by atomic mass is 10.0. The third-order valence-electron chi connectivity index (χ3n) is 8.52. The van der Waals surface area contributed by atoms with Crippen LogP contribution in [0.2, 0.25) is 0 Å². The van der Waals surface area contributed by atoms with E-state index in [9.17, 15) is 15.2 Å². The fraction of sp³-hybridized carbons (Fsp3) is 0. The van der Waals surface area contributed by atoms with Gasteiger partial charge in [-0.15, -0.1) is 0 Å². The highest BCUT2D eigenvalue weighted by atomic mass is 16.4. The number of fused-ring (bicyclic) bond motifs is 6. The van der Waals surface area contributed by atoms with Crippen molar-refractivity contribution in [1.29, 1.82) is 5.26 Å². The summed E-state index contributed by atoms with van der Waals surface area (Å²) in [6.07, 6.45) is 1.41. The quantitative estimate of drug-likeness (QED) is 0.163. The zero-order chi connectivity index (χ0) is 30.5. The van der Waals surface area contributed by atoms with Gasteiger partial charge >= 0.3 is 5.97 Å². The lowest BCUT2D eigenvalue weighted by molar-refractivity contribution is -0.132. The molecule has 0 aliphatic rings. The summed E-state index contributed by atoms with van der Waals surface area (Å²) < 4.78 is 4.54. The van der Waals surface area contributed by atoms with Crippen molar-refractivity contribution in [1.82, 2.24) is 9.13 Å². The van der Waals surface area contributed by atoms with E-state index < -0.39 is 5.97 Å². The van der Waals surface area contributed by atoms with E-state index in [1.807, 2.05) is 30.3 Å². The number of hydrogen-bond donors (Lipinski definition) is 1. The van der Waals surface area contributed by atoms with Gasteiger partial charge in [-0.3, -0.25) is 0 Å². The Morgan fingerprint density at radius 3 is 1.42 bits per heavy atom. The van der Waals surface area contributed by atoms with Gasteiger partial charge in [0.2, 0.25) is 0 Å². The molecule has 2 heterocycles. The number of nitriles is 1. The summed E-state index contributed by atoms with van der Waals surface area (Å²) >= 11 is 0. The highest BCUT2D eigenvalue weighted by Crippen LogP contribution is 2.35. The van der Waals surface area contributed by atoms with E-state index >= 15 is 0 Å². The van der Waals surface area contributed by atoms with E-state index in [0.29, 0.717) is 5.56 Å². The molecule has 1 N–H and O–H groups in total. The van der Waals surface area contributed by atoms with Crippen LogP contribution in [0.1, 0.15) is 5.56 Å². The van der Waals surface area contributed by atoms with E-state index in [0.717, 1.165) is 44.3 Å². The number of hydrogen-bond acceptors (Lipinski definition) is 2. The molecule has 2 aromatic heterocycles. The minimum Gasteiger partial charge on any atom is -0.477 e. The Morgan fingerprint density at radius 2 is 0.978 bits per heavy atom. The Kier molecular flexibility index (Phi) is 6.07. The first-order valence-corrected chi connectivity index (χ1v) is 14.7. The molecule has 45 heavy (non-hydrogen) atoms. The molecule has 8 aromatic rings. The van der Waals surface area contributed by atoms with Crippen molar-refractivity contribution in [2.45, 2.75) is 0 Å². The minimum absolute atomic E-state index is 0.295. The lowest BCUT2D eigenvalue weighted by Crippen LogP contribution is -1.97. The number of benzene rings is 6. The molecule has 5 nitrogen and oxygen atoms in total. The van der Waals surface area contributed by atoms with Crippen molar-refractivity contribution < 1.29 is 9.90 Å². The third-order valence-corrected chi connectivity index (χ3v) is 8.52. The van der Waals surface area contributed by atoms with Crippen LogP contribution in [0.25, 0.3) is 72.2 Å². The third kappa shape index (κ3) is 4.28. The van der Waals surface area contributed by atoms with Gasteiger partial charge in [-0.05, 0) is 77.4 Å². The first-order chi connectivity index (χ1) is 22.1. The standard InChI is InChI=1S/C40H25N3O2/c41-25-29(40(44)45)23-26-13-22-39-35(24-26)34-9-3-6-12-38(34)43(39)31-20-16-28(17-21-31)27-14-18-30(19-15-27)42-36-10-4-1-7-32(36)33-8-2-5-11-37(33)42/h1-24H,(H,44,45)/b29-23+. The monoisotopic (exact) mass is 579 g/mol. The molecule has 0 saturated carbocycles. The molecule has 0 fully saturated rings. The zero-order valence-electron chi connectivity index (χ0n) is 24.1. The van der Waals surface area contributed by atoms with E-state index in [2.05, 4.69) is 118 Å². The predicted octanol–water partition coefficient (Wildman–Crippen LogP) is 9.54. The number of aliphatic carboxylic acids is 1. The average Bonchev–Trinajstić information content (AvgIpc) is 3.60. The van der Waals surface area contributed by atoms with Crippen LogP contribution in [0.15, 0.2) is 145 Å². The van der Waals surface area contributed by atoms with Gasteiger partial charge in [0.1, 0.15) is 11.6 Å². The van der Waals surface area contributed by atoms with Crippen LogP contribution in [-0.2, 0) is 4.79 Å². The van der Waals surface area contributed by atoms with Crippen LogP contribution in [0.4, 0.5) is 0 Å². The van der Waals surface area contributed by atoms with Crippen LogP contribution in [-0.4, -0.2) is 20.2 Å². The molecule has 0 bridgehead atoms. The van der Waals surface area contributed by atoms with Crippen LogP contribution < -0.4 is 0 Å². The summed E-state index contributed by atoms with van der Waals surface area (Å²) in [7, 11) is 0. The van der Waals surface area contributed by atoms with Crippen LogP contribution in [0.3, 0.4) is 0 Å². The zero-order valence-corrected chi connectivity index (χ0v) is 24.1. The van der Waals surface area contributed by atoms with E-state index in [4.69, 9.17) is 0 Å². The van der Waals surface area contributed by atoms with Crippen molar-refractivity contribution in [2.75, 3.05) is 0 Å². The summed E-state index contributed by atoms with van der Waals surface area (Å²) in [5, 5.41) is 23.1. The van der Waals surface area contributed by atoms with Gasteiger partial charge in [-0.1, -0.05) is 84.9 Å². The molecule has 0 atom stereocenters. The number of nitrogens with zero attached hydrogens (tertiary/aromatic N) is 3. The molecular weight excluding hydrogens is 554 g/mol. The van der Waals surface area contributed by atoms with Gasteiger partial charge < -0.3 is 14.2 Å². The summed E-state index contributed by atoms with van der Waals surface area (Å²) in [6, 6.07) is 50.1. The molecule has 0 aliphatic heterocycles. The highest BCUT2D eigenvalue weighted by Gasteiger charge is 2.14. The lowest BCUT2D eigenvalue weighted by Gasteiger charge is -2.11. The molecule has 0 radical (unpaired) electrons. The number of rotatable bonds is 5. The number of carboxylic acid groups (broad SMARTS) is 1. The van der Waals surface area contributed by atoms with Gasteiger partial charge in [0.05, 0.1) is 22.1 Å². The normalized spacial score (nSPS) is 11.8. The molecule has 6 aromatic carbocycles. The maximum absolute atomic E-state index is 11.4. The van der Waals surface area contributed by atoms with E-state index in [1.54, 1.807) is 6.07 Å². The Bertz CT molecular complexity index is 2450.